The van der Waals surface area contributed by atoms with Crippen LogP contribution < -0.4 is 9.64 Å². The molecule has 0 N–H and O–H groups in total. The lowest BCUT2D eigenvalue weighted by Gasteiger charge is -2.23. The van der Waals surface area contributed by atoms with E-state index in [1.165, 1.54) is 5.56 Å². The highest BCUT2D eigenvalue weighted by Crippen LogP contribution is 2.12. The number of anilines is 1. The van der Waals surface area contributed by atoms with Crippen molar-refractivity contribution in [3.8, 4) is 5.75 Å². The second-order valence-electron chi connectivity index (χ2n) is 5.20. The van der Waals surface area contributed by atoms with Crippen LogP contribution >= 0.6 is 0 Å². The van der Waals surface area contributed by atoms with Crippen LogP contribution in [0.15, 0.2) is 48.7 Å². The van der Waals surface area contributed by atoms with Crippen molar-refractivity contribution < 1.29 is 4.74 Å². The first kappa shape index (κ1) is 15.3. The molecule has 0 aliphatic carbocycles. The SMILES string of the molecule is COc1ccc(CN(C)CCN(C)c2ccccn2)cc1. The van der Waals surface area contributed by atoms with Gasteiger partial charge in [0, 0.05) is 32.9 Å². The molecule has 1 heterocycles. The Balaban J connectivity index is 1.80. The summed E-state index contributed by atoms with van der Waals surface area (Å²) < 4.78 is 5.17. The van der Waals surface area contributed by atoms with E-state index in [4.69, 9.17) is 4.74 Å². The molecule has 0 unspecified atom stereocenters. The van der Waals surface area contributed by atoms with Gasteiger partial charge in [0.15, 0.2) is 0 Å². The fourth-order valence-electron chi connectivity index (χ4n) is 2.14. The van der Waals surface area contributed by atoms with E-state index in [0.717, 1.165) is 31.2 Å². The van der Waals surface area contributed by atoms with Crippen LogP contribution in [0.2, 0.25) is 0 Å². The first-order valence-electron chi connectivity index (χ1n) is 7.12. The number of hydrogen-bond donors (Lipinski definition) is 0. The summed E-state index contributed by atoms with van der Waals surface area (Å²) in [7, 11) is 5.90. The number of methoxy groups -OCH3 is 1. The van der Waals surface area contributed by atoms with E-state index in [2.05, 4.69) is 41.0 Å². The van der Waals surface area contributed by atoms with Gasteiger partial charge in [-0.05, 0) is 36.9 Å². The maximum atomic E-state index is 5.17. The third-order valence-electron chi connectivity index (χ3n) is 3.47. The molecule has 0 atom stereocenters. The number of ether oxygens (including phenoxy) is 1. The maximum Gasteiger partial charge on any atom is 0.128 e. The minimum Gasteiger partial charge on any atom is -0.497 e. The molecule has 21 heavy (non-hydrogen) atoms. The molecule has 0 amide bonds. The Morgan fingerprint density at radius 1 is 1.00 bits per heavy atom. The molecule has 1 aromatic heterocycles. The fraction of sp³-hybridized carbons (Fsp3) is 0.353. The van der Waals surface area contributed by atoms with Crippen LogP contribution in [-0.4, -0.2) is 44.2 Å². The lowest BCUT2D eigenvalue weighted by Crippen LogP contribution is -2.30. The zero-order valence-corrected chi connectivity index (χ0v) is 13.0. The molecule has 2 aromatic rings. The second kappa shape index (κ2) is 7.64. The summed E-state index contributed by atoms with van der Waals surface area (Å²) in [5, 5.41) is 0. The van der Waals surface area contributed by atoms with Gasteiger partial charge in [-0.1, -0.05) is 18.2 Å². The van der Waals surface area contributed by atoms with E-state index in [1.54, 1.807) is 7.11 Å². The number of aromatic nitrogens is 1. The molecule has 0 aliphatic heterocycles. The molecule has 4 nitrogen and oxygen atoms in total. The van der Waals surface area contributed by atoms with Crippen molar-refractivity contribution in [2.24, 2.45) is 0 Å². The highest BCUT2D eigenvalue weighted by Gasteiger charge is 2.05. The second-order valence-corrected chi connectivity index (χ2v) is 5.20. The summed E-state index contributed by atoms with van der Waals surface area (Å²) in [5.41, 5.74) is 1.29. The quantitative estimate of drug-likeness (QED) is 0.782. The van der Waals surface area contributed by atoms with Gasteiger partial charge in [0.25, 0.3) is 0 Å². The van der Waals surface area contributed by atoms with Gasteiger partial charge < -0.3 is 14.5 Å². The third-order valence-corrected chi connectivity index (χ3v) is 3.47. The molecule has 4 heteroatoms. The predicted molar refractivity (Wildman–Crippen MR) is 86.8 cm³/mol. The largest absolute Gasteiger partial charge is 0.497 e. The predicted octanol–water partition coefficient (Wildman–Crippen LogP) is 2.66. The van der Waals surface area contributed by atoms with Crippen molar-refractivity contribution in [3.63, 3.8) is 0 Å². The number of likely N-dealkylation sites (N-methyl/N-ethyl adjacent to an activating group) is 2. The minimum absolute atomic E-state index is 0.899. The zero-order chi connectivity index (χ0) is 15.1. The normalized spacial score (nSPS) is 10.7. The summed E-state index contributed by atoms with van der Waals surface area (Å²) in [6.07, 6.45) is 1.83. The van der Waals surface area contributed by atoms with Crippen LogP contribution in [0.3, 0.4) is 0 Å². The molecule has 0 radical (unpaired) electrons. The first-order chi connectivity index (χ1) is 10.2. The number of rotatable bonds is 7. The summed E-state index contributed by atoms with van der Waals surface area (Å²) in [6, 6.07) is 14.2. The molecular weight excluding hydrogens is 262 g/mol. The van der Waals surface area contributed by atoms with E-state index < -0.39 is 0 Å². The van der Waals surface area contributed by atoms with Gasteiger partial charge in [-0.15, -0.1) is 0 Å². The lowest BCUT2D eigenvalue weighted by molar-refractivity contribution is 0.334. The Morgan fingerprint density at radius 2 is 1.76 bits per heavy atom. The Kier molecular flexibility index (Phi) is 5.58. The average Bonchev–Trinajstić information content (AvgIpc) is 2.54. The standard InChI is InChI=1S/C17H23N3O/c1-19(14-15-7-9-16(21-3)10-8-15)12-13-20(2)17-6-4-5-11-18-17/h4-11H,12-14H2,1-3H3. The Labute approximate surface area is 127 Å². The van der Waals surface area contributed by atoms with Crippen molar-refractivity contribution in [2.45, 2.75) is 6.54 Å². The van der Waals surface area contributed by atoms with E-state index in [-0.39, 0.29) is 0 Å². The lowest BCUT2D eigenvalue weighted by atomic mass is 10.2. The summed E-state index contributed by atoms with van der Waals surface area (Å²) in [4.78, 5) is 8.83. The van der Waals surface area contributed by atoms with E-state index >= 15 is 0 Å². The third kappa shape index (κ3) is 4.76. The number of nitrogens with zero attached hydrogens (tertiary/aromatic N) is 3. The summed E-state index contributed by atoms with van der Waals surface area (Å²) >= 11 is 0. The molecule has 0 saturated heterocycles. The molecule has 0 aliphatic rings. The number of hydrogen-bond acceptors (Lipinski definition) is 4. The molecular formula is C17H23N3O. The van der Waals surface area contributed by atoms with E-state index in [0.29, 0.717) is 0 Å². The van der Waals surface area contributed by atoms with Crippen molar-refractivity contribution in [1.82, 2.24) is 9.88 Å². The van der Waals surface area contributed by atoms with Crippen molar-refractivity contribution in [3.05, 3.63) is 54.2 Å². The van der Waals surface area contributed by atoms with E-state index in [9.17, 15) is 0 Å². The van der Waals surface area contributed by atoms with Gasteiger partial charge in [0.1, 0.15) is 11.6 Å². The first-order valence-corrected chi connectivity index (χ1v) is 7.12. The molecule has 0 spiro atoms. The van der Waals surface area contributed by atoms with Crippen LogP contribution in [0.5, 0.6) is 5.75 Å². The smallest absolute Gasteiger partial charge is 0.128 e. The highest BCUT2D eigenvalue weighted by atomic mass is 16.5. The monoisotopic (exact) mass is 285 g/mol. The minimum atomic E-state index is 0.899. The molecule has 2 rings (SSSR count). The van der Waals surface area contributed by atoms with Gasteiger partial charge in [-0.25, -0.2) is 4.98 Å². The molecule has 1 aromatic carbocycles. The van der Waals surface area contributed by atoms with Gasteiger partial charge in [-0.3, -0.25) is 0 Å². The molecule has 0 bridgehead atoms. The highest BCUT2D eigenvalue weighted by molar-refractivity contribution is 5.36. The van der Waals surface area contributed by atoms with Gasteiger partial charge in [0.05, 0.1) is 7.11 Å². The summed E-state index contributed by atoms with van der Waals surface area (Å²) in [6.45, 7) is 2.86. The fourth-order valence-corrected chi connectivity index (χ4v) is 2.14. The van der Waals surface area contributed by atoms with Crippen LogP contribution in [0.4, 0.5) is 5.82 Å². The molecule has 0 fully saturated rings. The Morgan fingerprint density at radius 3 is 2.38 bits per heavy atom. The van der Waals surface area contributed by atoms with Crippen LogP contribution in [0, 0.1) is 0 Å². The van der Waals surface area contributed by atoms with Gasteiger partial charge in [-0.2, -0.15) is 0 Å². The van der Waals surface area contributed by atoms with Crippen LogP contribution in [0.1, 0.15) is 5.56 Å². The number of pyridine rings is 1. The van der Waals surface area contributed by atoms with Crippen molar-refractivity contribution >= 4 is 5.82 Å². The molecule has 0 saturated carbocycles. The van der Waals surface area contributed by atoms with Crippen molar-refractivity contribution in [1.29, 1.82) is 0 Å². The number of benzene rings is 1. The van der Waals surface area contributed by atoms with Crippen molar-refractivity contribution in [2.75, 3.05) is 39.2 Å². The van der Waals surface area contributed by atoms with Crippen LogP contribution in [-0.2, 0) is 6.54 Å². The van der Waals surface area contributed by atoms with E-state index in [1.807, 2.05) is 36.5 Å². The topological polar surface area (TPSA) is 28.6 Å². The van der Waals surface area contributed by atoms with Gasteiger partial charge in [0.2, 0.25) is 0 Å². The van der Waals surface area contributed by atoms with Crippen LogP contribution in [0.25, 0.3) is 0 Å². The molecule has 112 valence electrons. The Bertz CT molecular complexity index is 527. The summed E-state index contributed by atoms with van der Waals surface area (Å²) in [5.74, 6) is 1.91. The zero-order valence-electron chi connectivity index (χ0n) is 13.0. The maximum absolute atomic E-state index is 5.17. The Hall–Kier alpha value is -2.07. The van der Waals surface area contributed by atoms with Gasteiger partial charge >= 0.3 is 0 Å². The average molecular weight is 285 g/mol.